The lowest BCUT2D eigenvalue weighted by Crippen LogP contribution is -2.36. The summed E-state index contributed by atoms with van der Waals surface area (Å²) in [7, 11) is 1.36. The van der Waals surface area contributed by atoms with Crippen LogP contribution >= 0.6 is 0 Å². The molecule has 0 aliphatic heterocycles. The number of methoxy groups -OCH3 is 1. The molecule has 2 atom stereocenters. The number of ether oxygens (including phenoxy) is 2. The van der Waals surface area contributed by atoms with Crippen molar-refractivity contribution in [2.75, 3.05) is 7.11 Å². The third-order valence-corrected chi connectivity index (χ3v) is 3.97. The van der Waals surface area contributed by atoms with Crippen molar-refractivity contribution in [3.8, 4) is 0 Å². The molecule has 0 N–H and O–H groups in total. The van der Waals surface area contributed by atoms with Crippen molar-refractivity contribution in [1.29, 1.82) is 0 Å². The fourth-order valence-corrected chi connectivity index (χ4v) is 2.66. The van der Waals surface area contributed by atoms with E-state index in [0.29, 0.717) is 18.4 Å². The number of carbonyl (C=O) groups is 2. The number of hydrogen-bond donors (Lipinski definition) is 0. The van der Waals surface area contributed by atoms with Gasteiger partial charge in [-0.15, -0.1) is 0 Å². The van der Waals surface area contributed by atoms with E-state index in [1.165, 1.54) is 13.3 Å². The maximum Gasteiger partial charge on any atom is 0.341 e. The summed E-state index contributed by atoms with van der Waals surface area (Å²) in [6, 6.07) is 0. The predicted octanol–water partition coefficient (Wildman–Crippen LogP) is 2.53. The molecule has 0 spiro atoms. The molecular weight excluding hydrogens is 284 g/mol. The Balaban J connectivity index is 2.06. The summed E-state index contributed by atoms with van der Waals surface area (Å²) in [6.45, 7) is 6.01. The molecule has 0 bridgehead atoms. The number of nitrogens with zero attached hydrogens (tertiary/aromatic N) is 2. The smallest absolute Gasteiger partial charge is 0.341 e. The van der Waals surface area contributed by atoms with Crippen LogP contribution in [0, 0.1) is 5.92 Å². The SMILES string of the molecule is COC(=O)[C@H]1CCCC[C@H]1OC(=O)c1cnn(C(C)(C)C)c1. The first kappa shape index (κ1) is 16.5. The zero-order valence-corrected chi connectivity index (χ0v) is 13.7. The third kappa shape index (κ3) is 3.67. The summed E-state index contributed by atoms with van der Waals surface area (Å²) in [5, 5.41) is 4.20. The minimum Gasteiger partial charge on any atom is -0.469 e. The van der Waals surface area contributed by atoms with Crippen LogP contribution in [0.3, 0.4) is 0 Å². The Hall–Kier alpha value is -1.85. The largest absolute Gasteiger partial charge is 0.469 e. The van der Waals surface area contributed by atoms with Crippen molar-refractivity contribution in [2.24, 2.45) is 5.92 Å². The maximum atomic E-state index is 12.3. The monoisotopic (exact) mass is 308 g/mol. The van der Waals surface area contributed by atoms with Gasteiger partial charge in [-0.05, 0) is 40.0 Å². The van der Waals surface area contributed by atoms with Crippen LogP contribution in [0.25, 0.3) is 0 Å². The van der Waals surface area contributed by atoms with Gasteiger partial charge >= 0.3 is 11.9 Å². The topological polar surface area (TPSA) is 70.4 Å². The Morgan fingerprint density at radius 1 is 1.27 bits per heavy atom. The zero-order valence-electron chi connectivity index (χ0n) is 13.7. The van der Waals surface area contributed by atoms with Crippen molar-refractivity contribution < 1.29 is 19.1 Å². The number of aromatic nitrogens is 2. The summed E-state index contributed by atoms with van der Waals surface area (Å²) >= 11 is 0. The normalized spacial score (nSPS) is 22.2. The van der Waals surface area contributed by atoms with E-state index < -0.39 is 12.1 Å². The highest BCUT2D eigenvalue weighted by molar-refractivity contribution is 5.89. The first-order chi connectivity index (χ1) is 10.3. The van der Waals surface area contributed by atoms with Crippen LogP contribution in [0.2, 0.25) is 0 Å². The Morgan fingerprint density at radius 2 is 1.95 bits per heavy atom. The average molecular weight is 308 g/mol. The van der Waals surface area contributed by atoms with Crippen LogP contribution in [-0.4, -0.2) is 34.9 Å². The molecule has 0 unspecified atom stereocenters. The maximum absolute atomic E-state index is 12.3. The molecule has 1 aromatic rings. The molecule has 1 aliphatic carbocycles. The molecule has 0 aromatic carbocycles. The highest BCUT2D eigenvalue weighted by Gasteiger charge is 2.35. The number of carbonyl (C=O) groups excluding carboxylic acids is 2. The molecular formula is C16H24N2O4. The molecule has 0 saturated heterocycles. The molecule has 0 radical (unpaired) electrons. The van der Waals surface area contributed by atoms with Gasteiger partial charge in [0.15, 0.2) is 0 Å². The van der Waals surface area contributed by atoms with Crippen molar-refractivity contribution in [3.05, 3.63) is 18.0 Å². The minimum atomic E-state index is -0.434. The average Bonchev–Trinajstić information content (AvgIpc) is 2.97. The molecule has 6 nitrogen and oxygen atoms in total. The van der Waals surface area contributed by atoms with E-state index in [2.05, 4.69) is 5.10 Å². The van der Waals surface area contributed by atoms with Crippen LogP contribution < -0.4 is 0 Å². The van der Waals surface area contributed by atoms with E-state index >= 15 is 0 Å². The Kier molecular flexibility index (Phi) is 4.88. The quantitative estimate of drug-likeness (QED) is 0.802. The van der Waals surface area contributed by atoms with Crippen molar-refractivity contribution in [2.45, 2.75) is 58.1 Å². The van der Waals surface area contributed by atoms with Crippen molar-refractivity contribution in [1.82, 2.24) is 9.78 Å². The highest BCUT2D eigenvalue weighted by Crippen LogP contribution is 2.28. The van der Waals surface area contributed by atoms with Gasteiger partial charge < -0.3 is 9.47 Å². The fraction of sp³-hybridized carbons (Fsp3) is 0.688. The lowest BCUT2D eigenvalue weighted by molar-refractivity contribution is -0.151. The molecule has 1 saturated carbocycles. The standard InChI is InChI=1S/C16H24N2O4/c1-16(2,3)18-10-11(9-17-18)14(19)22-13-8-6-5-7-12(13)15(20)21-4/h9-10,12-13H,5-8H2,1-4H3/t12-,13+/m0/s1. The first-order valence-corrected chi connectivity index (χ1v) is 7.67. The van der Waals surface area contributed by atoms with Gasteiger partial charge in [-0.2, -0.15) is 5.10 Å². The molecule has 122 valence electrons. The van der Waals surface area contributed by atoms with Crippen LogP contribution in [-0.2, 0) is 19.8 Å². The fourth-order valence-electron chi connectivity index (χ4n) is 2.66. The molecule has 1 fully saturated rings. The van der Waals surface area contributed by atoms with E-state index in [4.69, 9.17) is 9.47 Å². The van der Waals surface area contributed by atoms with Gasteiger partial charge in [0.2, 0.25) is 0 Å². The summed E-state index contributed by atoms with van der Waals surface area (Å²) in [4.78, 5) is 24.1. The minimum absolute atomic E-state index is 0.197. The van der Waals surface area contributed by atoms with Crippen LogP contribution in [0.15, 0.2) is 12.4 Å². The van der Waals surface area contributed by atoms with Gasteiger partial charge in [-0.3, -0.25) is 9.48 Å². The Morgan fingerprint density at radius 3 is 2.55 bits per heavy atom. The lowest BCUT2D eigenvalue weighted by Gasteiger charge is -2.28. The van der Waals surface area contributed by atoms with Gasteiger partial charge in [0.05, 0.1) is 30.3 Å². The zero-order chi connectivity index (χ0) is 16.3. The predicted molar refractivity (Wildman–Crippen MR) is 80.4 cm³/mol. The molecule has 0 amide bonds. The van der Waals surface area contributed by atoms with Gasteiger partial charge in [0.25, 0.3) is 0 Å². The van der Waals surface area contributed by atoms with E-state index in [0.717, 1.165) is 12.8 Å². The van der Waals surface area contributed by atoms with Crippen LogP contribution in [0.4, 0.5) is 0 Å². The number of rotatable bonds is 3. The Labute approximate surface area is 130 Å². The summed E-state index contributed by atoms with van der Waals surface area (Å²) < 4.78 is 12.1. The van der Waals surface area contributed by atoms with E-state index in [1.807, 2.05) is 20.8 Å². The molecule has 6 heteroatoms. The molecule has 1 aliphatic rings. The first-order valence-electron chi connectivity index (χ1n) is 7.67. The van der Waals surface area contributed by atoms with Crippen molar-refractivity contribution >= 4 is 11.9 Å². The summed E-state index contributed by atoms with van der Waals surface area (Å²) in [5.41, 5.74) is 0.210. The molecule has 2 rings (SSSR count). The Bertz CT molecular complexity index is 545. The van der Waals surface area contributed by atoms with Crippen LogP contribution in [0.1, 0.15) is 56.8 Å². The number of esters is 2. The van der Waals surface area contributed by atoms with E-state index in [9.17, 15) is 9.59 Å². The highest BCUT2D eigenvalue weighted by atomic mass is 16.6. The van der Waals surface area contributed by atoms with Gasteiger partial charge in [-0.25, -0.2) is 4.79 Å². The molecule has 1 aromatic heterocycles. The second-order valence-corrected chi connectivity index (χ2v) is 6.70. The van der Waals surface area contributed by atoms with Crippen LogP contribution in [0.5, 0.6) is 0 Å². The molecule has 22 heavy (non-hydrogen) atoms. The summed E-state index contributed by atoms with van der Waals surface area (Å²) in [5.74, 6) is -1.10. The van der Waals surface area contributed by atoms with Gasteiger partial charge in [-0.1, -0.05) is 6.42 Å². The lowest BCUT2D eigenvalue weighted by atomic mass is 9.86. The van der Waals surface area contributed by atoms with E-state index in [-0.39, 0.29) is 17.4 Å². The second-order valence-electron chi connectivity index (χ2n) is 6.70. The van der Waals surface area contributed by atoms with Gasteiger partial charge in [0, 0.05) is 6.20 Å². The van der Waals surface area contributed by atoms with Crippen molar-refractivity contribution in [3.63, 3.8) is 0 Å². The molecule has 1 heterocycles. The third-order valence-electron chi connectivity index (χ3n) is 3.97. The second kappa shape index (κ2) is 6.50. The van der Waals surface area contributed by atoms with E-state index in [1.54, 1.807) is 10.9 Å². The summed E-state index contributed by atoms with van der Waals surface area (Å²) in [6.07, 6.45) is 6.07. The number of hydrogen-bond acceptors (Lipinski definition) is 5. The van der Waals surface area contributed by atoms with Gasteiger partial charge in [0.1, 0.15) is 6.10 Å².